The Morgan fingerprint density at radius 2 is 2.29 bits per heavy atom. The molecule has 0 saturated carbocycles. The number of amides is 2. The van der Waals surface area contributed by atoms with E-state index in [0.717, 1.165) is 11.6 Å². The first kappa shape index (κ1) is 11.3. The van der Waals surface area contributed by atoms with E-state index in [1.807, 2.05) is 0 Å². The third-order valence-corrected chi connectivity index (χ3v) is 2.97. The van der Waals surface area contributed by atoms with Crippen LogP contribution in [0.3, 0.4) is 0 Å². The zero-order chi connectivity index (χ0) is 10.6. The van der Waals surface area contributed by atoms with Gasteiger partial charge in [0.05, 0.1) is 6.04 Å². The van der Waals surface area contributed by atoms with Crippen molar-refractivity contribution in [3.8, 4) is 0 Å². The average molecular weight is 217 g/mol. The maximum atomic E-state index is 11.5. The number of rotatable bonds is 3. The van der Waals surface area contributed by atoms with Crippen LogP contribution < -0.4 is 16.0 Å². The molecule has 0 aliphatic carbocycles. The smallest absolute Gasteiger partial charge is 0.242 e. The van der Waals surface area contributed by atoms with Crippen LogP contribution in [0.15, 0.2) is 0 Å². The summed E-state index contributed by atoms with van der Waals surface area (Å²) in [7, 11) is 1.55. The van der Waals surface area contributed by atoms with Gasteiger partial charge < -0.3 is 10.6 Å². The molecule has 6 heteroatoms. The number of hydrogen-bond acceptors (Lipinski definition) is 4. The lowest BCUT2D eigenvalue weighted by atomic mass is 10.2. The minimum Gasteiger partial charge on any atom is -0.357 e. The molecular weight excluding hydrogens is 202 g/mol. The van der Waals surface area contributed by atoms with Gasteiger partial charge in [0, 0.05) is 18.7 Å². The highest BCUT2D eigenvalue weighted by Crippen LogP contribution is 2.09. The first-order valence-electron chi connectivity index (χ1n) is 4.48. The summed E-state index contributed by atoms with van der Waals surface area (Å²) in [4.78, 5) is 22.6. The summed E-state index contributed by atoms with van der Waals surface area (Å²) >= 11 is 1.68. The second kappa shape index (κ2) is 5.21. The maximum absolute atomic E-state index is 11.5. The molecule has 0 spiro atoms. The lowest BCUT2D eigenvalue weighted by molar-refractivity contribution is -0.129. The van der Waals surface area contributed by atoms with Crippen molar-refractivity contribution in [2.45, 2.75) is 19.0 Å². The summed E-state index contributed by atoms with van der Waals surface area (Å²) in [6.07, 6.45) is 0. The Morgan fingerprint density at radius 1 is 1.57 bits per heavy atom. The Morgan fingerprint density at radius 3 is 2.79 bits per heavy atom. The second-order valence-electron chi connectivity index (χ2n) is 3.12. The van der Waals surface area contributed by atoms with Crippen molar-refractivity contribution in [1.29, 1.82) is 0 Å². The third kappa shape index (κ3) is 2.88. The molecule has 1 saturated heterocycles. The number of thioether (sulfide) groups is 1. The highest BCUT2D eigenvalue weighted by molar-refractivity contribution is 7.99. The molecule has 1 unspecified atom stereocenters. The lowest BCUT2D eigenvalue weighted by Gasteiger charge is -2.15. The summed E-state index contributed by atoms with van der Waals surface area (Å²) in [6, 6.07) is -0.632. The van der Waals surface area contributed by atoms with Crippen molar-refractivity contribution in [2.24, 2.45) is 0 Å². The van der Waals surface area contributed by atoms with Gasteiger partial charge in [-0.25, -0.2) is 0 Å². The van der Waals surface area contributed by atoms with E-state index in [0.29, 0.717) is 0 Å². The minimum atomic E-state index is -0.472. The summed E-state index contributed by atoms with van der Waals surface area (Å²) in [5.74, 6) is 1.29. The normalized spacial score (nSPS) is 22.9. The predicted octanol–water partition coefficient (Wildman–Crippen LogP) is -1.10. The van der Waals surface area contributed by atoms with E-state index < -0.39 is 6.04 Å². The number of hydrogen-bond donors (Lipinski definition) is 3. The van der Waals surface area contributed by atoms with Gasteiger partial charge in [0.2, 0.25) is 11.8 Å². The maximum Gasteiger partial charge on any atom is 0.242 e. The van der Waals surface area contributed by atoms with Gasteiger partial charge in [0.1, 0.15) is 6.04 Å². The fourth-order valence-electron chi connectivity index (χ4n) is 1.16. The van der Waals surface area contributed by atoms with Gasteiger partial charge in [-0.1, -0.05) is 0 Å². The highest BCUT2D eigenvalue weighted by Gasteiger charge is 2.24. The van der Waals surface area contributed by atoms with E-state index in [9.17, 15) is 9.59 Å². The van der Waals surface area contributed by atoms with Crippen LogP contribution in [0.4, 0.5) is 0 Å². The van der Waals surface area contributed by atoms with Gasteiger partial charge in [0.25, 0.3) is 0 Å². The fourth-order valence-corrected chi connectivity index (χ4v) is 2.10. The standard InChI is InChI=1S/C8H15N3O2S/c1-5(7(12)9-2)11-8(13)6-3-14-4-10-6/h5-6,10H,3-4H2,1-2H3,(H,9,12)(H,11,13)/t5-,6?/m0/s1. The van der Waals surface area contributed by atoms with Crippen LogP contribution in [0.1, 0.15) is 6.92 Å². The molecule has 5 nitrogen and oxygen atoms in total. The van der Waals surface area contributed by atoms with Gasteiger partial charge in [-0.2, -0.15) is 0 Å². The van der Waals surface area contributed by atoms with Crippen molar-refractivity contribution in [3.63, 3.8) is 0 Å². The molecule has 1 rings (SSSR count). The molecule has 0 aromatic heterocycles. The van der Waals surface area contributed by atoms with Crippen LogP contribution in [0.25, 0.3) is 0 Å². The molecule has 2 atom stereocenters. The zero-order valence-electron chi connectivity index (χ0n) is 8.29. The molecule has 2 amide bonds. The van der Waals surface area contributed by atoms with Crippen LogP contribution in [0, 0.1) is 0 Å². The SMILES string of the molecule is CNC(=O)[C@H](C)NC(=O)C1CSCN1. The van der Waals surface area contributed by atoms with Gasteiger partial charge in [-0.15, -0.1) is 11.8 Å². The lowest BCUT2D eigenvalue weighted by Crippen LogP contribution is -2.50. The summed E-state index contributed by atoms with van der Waals surface area (Å²) < 4.78 is 0. The Balaban J connectivity index is 2.35. The van der Waals surface area contributed by atoms with Gasteiger partial charge in [0.15, 0.2) is 0 Å². The van der Waals surface area contributed by atoms with Crippen molar-refractivity contribution < 1.29 is 9.59 Å². The first-order valence-corrected chi connectivity index (χ1v) is 5.63. The van der Waals surface area contributed by atoms with E-state index >= 15 is 0 Å². The van der Waals surface area contributed by atoms with Crippen molar-refractivity contribution in [2.75, 3.05) is 18.7 Å². The predicted molar refractivity (Wildman–Crippen MR) is 55.9 cm³/mol. The number of carbonyl (C=O) groups is 2. The van der Waals surface area contributed by atoms with E-state index in [-0.39, 0.29) is 17.9 Å². The Kier molecular flexibility index (Phi) is 4.21. The van der Waals surface area contributed by atoms with E-state index in [1.165, 1.54) is 0 Å². The average Bonchev–Trinajstić information content (AvgIpc) is 2.69. The second-order valence-corrected chi connectivity index (χ2v) is 4.15. The molecular formula is C8H15N3O2S. The zero-order valence-corrected chi connectivity index (χ0v) is 9.11. The molecule has 0 bridgehead atoms. The topological polar surface area (TPSA) is 70.2 Å². The van der Waals surface area contributed by atoms with E-state index in [2.05, 4.69) is 16.0 Å². The largest absolute Gasteiger partial charge is 0.357 e. The summed E-state index contributed by atoms with van der Waals surface area (Å²) in [6.45, 7) is 1.67. The fraction of sp³-hybridized carbons (Fsp3) is 0.750. The van der Waals surface area contributed by atoms with E-state index in [1.54, 1.807) is 25.7 Å². The van der Waals surface area contributed by atoms with Gasteiger partial charge in [-0.3, -0.25) is 14.9 Å². The molecule has 1 aliphatic heterocycles. The highest BCUT2D eigenvalue weighted by atomic mass is 32.2. The molecule has 0 radical (unpaired) electrons. The van der Waals surface area contributed by atoms with Crippen LogP contribution in [0.2, 0.25) is 0 Å². The van der Waals surface area contributed by atoms with Crippen molar-refractivity contribution in [3.05, 3.63) is 0 Å². The number of carbonyl (C=O) groups excluding carboxylic acids is 2. The third-order valence-electron chi connectivity index (χ3n) is 2.03. The molecule has 1 heterocycles. The summed E-state index contributed by atoms with van der Waals surface area (Å²) in [5.41, 5.74) is 0. The van der Waals surface area contributed by atoms with Gasteiger partial charge in [-0.05, 0) is 6.92 Å². The Bertz CT molecular complexity index is 229. The minimum absolute atomic E-state index is 0.105. The van der Waals surface area contributed by atoms with Crippen molar-refractivity contribution in [1.82, 2.24) is 16.0 Å². The molecule has 1 aliphatic rings. The molecule has 0 aromatic rings. The number of likely N-dealkylation sites (N-methyl/N-ethyl adjacent to an activating group) is 1. The molecule has 80 valence electrons. The van der Waals surface area contributed by atoms with Crippen LogP contribution in [-0.4, -0.2) is 42.6 Å². The molecule has 3 N–H and O–H groups in total. The Labute approximate surface area is 87.4 Å². The molecule has 1 fully saturated rings. The quantitative estimate of drug-likeness (QED) is 0.561. The van der Waals surface area contributed by atoms with Crippen molar-refractivity contribution >= 4 is 23.6 Å². The summed E-state index contributed by atoms with van der Waals surface area (Å²) in [5, 5.41) is 8.16. The van der Waals surface area contributed by atoms with E-state index in [4.69, 9.17) is 0 Å². The molecule has 0 aromatic carbocycles. The first-order chi connectivity index (χ1) is 6.65. The Hall–Kier alpha value is -0.750. The number of nitrogens with one attached hydrogen (secondary N) is 3. The van der Waals surface area contributed by atoms with Gasteiger partial charge >= 0.3 is 0 Å². The molecule has 14 heavy (non-hydrogen) atoms. The monoisotopic (exact) mass is 217 g/mol. The van der Waals surface area contributed by atoms with Crippen LogP contribution in [0.5, 0.6) is 0 Å². The van der Waals surface area contributed by atoms with Crippen LogP contribution >= 0.6 is 11.8 Å². The van der Waals surface area contributed by atoms with Crippen LogP contribution in [-0.2, 0) is 9.59 Å².